The Morgan fingerprint density at radius 2 is 1.79 bits per heavy atom. The molecule has 1 aromatic heterocycles. The number of aromatic nitrogens is 1. The van der Waals surface area contributed by atoms with Crippen molar-refractivity contribution in [2.45, 2.75) is 6.42 Å². The first-order chi connectivity index (χ1) is 11.5. The second kappa shape index (κ2) is 6.16. The van der Waals surface area contributed by atoms with E-state index >= 15 is 0 Å². The first kappa shape index (κ1) is 15.7. The molecule has 0 bridgehead atoms. The number of phenolic OH excluding ortho intramolecular Hbond substituents is 3. The van der Waals surface area contributed by atoms with Crippen LogP contribution in [0.25, 0.3) is 10.9 Å². The Kier molecular flexibility index (Phi) is 4.04. The molecule has 0 radical (unpaired) electrons. The van der Waals surface area contributed by atoms with Gasteiger partial charge in [0.2, 0.25) is 0 Å². The highest BCUT2D eigenvalue weighted by molar-refractivity contribution is 5.95. The smallest absolute Gasteiger partial charge is 0.253 e. The van der Waals surface area contributed by atoms with E-state index in [0.29, 0.717) is 13.0 Å². The number of H-pyrrole nitrogens is 1. The maximum absolute atomic E-state index is 12.4. The van der Waals surface area contributed by atoms with E-state index in [1.807, 2.05) is 30.5 Å². The molecule has 0 unspecified atom stereocenters. The summed E-state index contributed by atoms with van der Waals surface area (Å²) in [5.41, 5.74) is 2.28. The molecule has 4 N–H and O–H groups in total. The second-order valence-corrected chi connectivity index (χ2v) is 5.70. The van der Waals surface area contributed by atoms with E-state index in [2.05, 4.69) is 4.98 Å². The molecule has 3 rings (SSSR count). The topological polar surface area (TPSA) is 96.8 Å². The molecular formula is C18H18N2O4. The molecule has 0 saturated carbocycles. The van der Waals surface area contributed by atoms with Gasteiger partial charge in [-0.15, -0.1) is 0 Å². The van der Waals surface area contributed by atoms with Crippen molar-refractivity contribution in [2.75, 3.05) is 13.6 Å². The lowest BCUT2D eigenvalue weighted by atomic mass is 10.1. The molecule has 0 saturated heterocycles. The van der Waals surface area contributed by atoms with E-state index in [1.165, 1.54) is 4.90 Å². The van der Waals surface area contributed by atoms with Gasteiger partial charge in [0.15, 0.2) is 17.2 Å². The maximum atomic E-state index is 12.4. The van der Waals surface area contributed by atoms with Crippen molar-refractivity contribution in [3.8, 4) is 17.2 Å². The Morgan fingerprint density at radius 3 is 2.50 bits per heavy atom. The number of rotatable bonds is 4. The van der Waals surface area contributed by atoms with Crippen LogP contribution in [0.1, 0.15) is 15.9 Å². The normalized spacial score (nSPS) is 10.9. The number of nitrogens with one attached hydrogen (secondary N) is 1. The molecule has 3 aromatic rings. The first-order valence-electron chi connectivity index (χ1n) is 7.52. The highest BCUT2D eigenvalue weighted by Crippen LogP contribution is 2.35. The highest BCUT2D eigenvalue weighted by Gasteiger charge is 2.17. The van der Waals surface area contributed by atoms with Gasteiger partial charge in [-0.25, -0.2) is 0 Å². The van der Waals surface area contributed by atoms with E-state index in [1.54, 1.807) is 7.05 Å². The monoisotopic (exact) mass is 326 g/mol. The number of likely N-dealkylation sites (N-methyl/N-ethyl adjacent to an activating group) is 1. The third-order valence-electron chi connectivity index (χ3n) is 4.05. The molecule has 1 heterocycles. The molecule has 0 fully saturated rings. The lowest BCUT2D eigenvalue weighted by Crippen LogP contribution is -2.28. The van der Waals surface area contributed by atoms with E-state index in [-0.39, 0.29) is 11.5 Å². The van der Waals surface area contributed by atoms with Crippen LogP contribution in [-0.4, -0.2) is 44.7 Å². The average molecular weight is 326 g/mol. The highest BCUT2D eigenvalue weighted by atomic mass is 16.3. The lowest BCUT2D eigenvalue weighted by molar-refractivity contribution is 0.0796. The van der Waals surface area contributed by atoms with Gasteiger partial charge in [0.25, 0.3) is 5.91 Å². The van der Waals surface area contributed by atoms with Crippen LogP contribution in [0.15, 0.2) is 42.6 Å². The molecule has 6 heteroatoms. The average Bonchev–Trinajstić information content (AvgIpc) is 2.99. The number of hydrogen-bond acceptors (Lipinski definition) is 4. The Labute approximate surface area is 138 Å². The van der Waals surface area contributed by atoms with Crippen molar-refractivity contribution < 1.29 is 20.1 Å². The Hall–Kier alpha value is -3.15. The SMILES string of the molecule is CN(CCc1c[nH]c2ccccc12)C(=O)c1cc(O)c(O)c(O)c1. The molecule has 0 aliphatic carbocycles. The molecule has 1 amide bonds. The minimum Gasteiger partial charge on any atom is -0.504 e. The fraction of sp³-hybridized carbons (Fsp3) is 0.167. The summed E-state index contributed by atoms with van der Waals surface area (Å²) in [6, 6.07) is 10.2. The summed E-state index contributed by atoms with van der Waals surface area (Å²) in [6.45, 7) is 0.475. The zero-order valence-corrected chi connectivity index (χ0v) is 13.2. The fourth-order valence-electron chi connectivity index (χ4n) is 2.68. The minimum absolute atomic E-state index is 0.115. The van der Waals surface area contributed by atoms with Crippen molar-refractivity contribution in [3.05, 3.63) is 53.7 Å². The van der Waals surface area contributed by atoms with Crippen LogP contribution >= 0.6 is 0 Å². The molecule has 0 aliphatic heterocycles. The molecule has 124 valence electrons. The van der Waals surface area contributed by atoms with E-state index < -0.39 is 17.2 Å². The zero-order valence-electron chi connectivity index (χ0n) is 13.2. The number of carbonyl (C=O) groups excluding carboxylic acids is 1. The fourth-order valence-corrected chi connectivity index (χ4v) is 2.68. The Balaban J connectivity index is 1.73. The number of nitrogens with zero attached hydrogens (tertiary/aromatic N) is 1. The zero-order chi connectivity index (χ0) is 17.3. The Bertz CT molecular complexity index is 878. The van der Waals surface area contributed by atoms with Crippen LogP contribution in [0.4, 0.5) is 0 Å². The van der Waals surface area contributed by atoms with Crippen molar-refractivity contribution in [1.82, 2.24) is 9.88 Å². The van der Waals surface area contributed by atoms with Crippen molar-refractivity contribution in [3.63, 3.8) is 0 Å². The first-order valence-corrected chi connectivity index (χ1v) is 7.52. The second-order valence-electron chi connectivity index (χ2n) is 5.70. The predicted molar refractivity (Wildman–Crippen MR) is 90.4 cm³/mol. The van der Waals surface area contributed by atoms with Crippen LogP contribution in [0, 0.1) is 0 Å². The number of carbonyl (C=O) groups is 1. The van der Waals surface area contributed by atoms with Gasteiger partial charge in [-0.2, -0.15) is 0 Å². The number of aromatic amines is 1. The standard InChI is InChI=1S/C18H18N2O4/c1-20(18(24)12-8-15(21)17(23)16(22)9-12)7-6-11-10-19-14-5-3-2-4-13(11)14/h2-5,8-10,19,21-23H,6-7H2,1H3. The molecular weight excluding hydrogens is 308 g/mol. The van der Waals surface area contributed by atoms with Gasteiger partial charge in [-0.05, 0) is 30.2 Å². The summed E-state index contributed by atoms with van der Waals surface area (Å²) >= 11 is 0. The number of fused-ring (bicyclic) bond motifs is 1. The van der Waals surface area contributed by atoms with Gasteiger partial charge in [0.1, 0.15) is 0 Å². The van der Waals surface area contributed by atoms with Gasteiger partial charge < -0.3 is 25.2 Å². The number of phenols is 3. The molecule has 0 atom stereocenters. The quantitative estimate of drug-likeness (QED) is 0.554. The molecule has 0 aliphatic rings. The summed E-state index contributed by atoms with van der Waals surface area (Å²) in [5, 5.41) is 29.5. The third kappa shape index (κ3) is 2.86. The van der Waals surface area contributed by atoms with Crippen LogP contribution in [0.2, 0.25) is 0 Å². The number of para-hydroxylation sites is 1. The van der Waals surface area contributed by atoms with Gasteiger partial charge in [-0.1, -0.05) is 18.2 Å². The molecule has 6 nitrogen and oxygen atoms in total. The summed E-state index contributed by atoms with van der Waals surface area (Å²) < 4.78 is 0. The van der Waals surface area contributed by atoms with Crippen LogP contribution < -0.4 is 0 Å². The summed E-state index contributed by atoms with van der Waals surface area (Å²) in [6.07, 6.45) is 2.60. The summed E-state index contributed by atoms with van der Waals surface area (Å²) in [4.78, 5) is 17.1. The molecule has 0 spiro atoms. The van der Waals surface area contributed by atoms with Gasteiger partial charge in [0.05, 0.1) is 0 Å². The van der Waals surface area contributed by atoms with Gasteiger partial charge in [0, 0.05) is 36.3 Å². The lowest BCUT2D eigenvalue weighted by Gasteiger charge is -2.17. The molecule has 24 heavy (non-hydrogen) atoms. The van der Waals surface area contributed by atoms with Crippen molar-refractivity contribution in [1.29, 1.82) is 0 Å². The Morgan fingerprint density at radius 1 is 1.12 bits per heavy atom. The minimum atomic E-state index is -0.631. The number of aromatic hydroxyl groups is 3. The van der Waals surface area contributed by atoms with Crippen LogP contribution in [0.5, 0.6) is 17.2 Å². The van der Waals surface area contributed by atoms with Crippen LogP contribution in [-0.2, 0) is 6.42 Å². The number of benzene rings is 2. The summed E-state index contributed by atoms with van der Waals surface area (Å²) in [7, 11) is 1.65. The van der Waals surface area contributed by atoms with Crippen molar-refractivity contribution >= 4 is 16.8 Å². The van der Waals surface area contributed by atoms with E-state index in [4.69, 9.17) is 0 Å². The number of hydrogen-bond donors (Lipinski definition) is 4. The van der Waals surface area contributed by atoms with Crippen LogP contribution in [0.3, 0.4) is 0 Å². The van der Waals surface area contributed by atoms with Crippen molar-refractivity contribution in [2.24, 2.45) is 0 Å². The van der Waals surface area contributed by atoms with Gasteiger partial charge >= 0.3 is 0 Å². The number of amides is 1. The summed E-state index contributed by atoms with van der Waals surface area (Å²) in [5.74, 6) is -2.03. The predicted octanol–water partition coefficient (Wildman–Crippen LogP) is 2.60. The molecule has 2 aromatic carbocycles. The maximum Gasteiger partial charge on any atom is 0.253 e. The van der Waals surface area contributed by atoms with E-state index in [0.717, 1.165) is 28.6 Å². The van der Waals surface area contributed by atoms with E-state index in [9.17, 15) is 20.1 Å². The van der Waals surface area contributed by atoms with Gasteiger partial charge in [-0.3, -0.25) is 4.79 Å². The largest absolute Gasteiger partial charge is 0.504 e. The third-order valence-corrected chi connectivity index (χ3v) is 4.05.